The number of rotatable bonds is 3. The topological polar surface area (TPSA) is 47.9 Å². The third kappa shape index (κ3) is 3.05. The lowest BCUT2D eigenvalue weighted by Crippen LogP contribution is -2.41. The van der Waals surface area contributed by atoms with Gasteiger partial charge in [-0.25, -0.2) is 4.99 Å². The fourth-order valence-corrected chi connectivity index (χ4v) is 3.78. The van der Waals surface area contributed by atoms with E-state index in [0.29, 0.717) is 0 Å². The molecule has 2 aromatic rings. The van der Waals surface area contributed by atoms with Crippen LogP contribution in [0.15, 0.2) is 53.5 Å². The van der Waals surface area contributed by atoms with Gasteiger partial charge in [0.05, 0.1) is 0 Å². The molecule has 2 aliphatic rings. The van der Waals surface area contributed by atoms with Crippen LogP contribution < -0.4 is 15.1 Å². The Labute approximate surface area is 154 Å². The minimum atomic E-state index is 0.0536. The number of hydrogen-bond acceptors (Lipinski definition) is 2. The van der Waals surface area contributed by atoms with Gasteiger partial charge in [-0.3, -0.25) is 4.79 Å². The molecule has 1 N–H and O–H groups in total. The highest BCUT2D eigenvalue weighted by Crippen LogP contribution is 2.28. The molecule has 26 heavy (non-hydrogen) atoms. The third-order valence-corrected chi connectivity index (χ3v) is 5.03. The lowest BCUT2D eigenvalue weighted by Gasteiger charge is -2.23. The molecule has 0 saturated carbocycles. The molecule has 0 spiro atoms. The number of aliphatic imine (C=N–C) groups is 1. The summed E-state index contributed by atoms with van der Waals surface area (Å²) in [5, 5.41) is 3.34. The van der Waals surface area contributed by atoms with Crippen LogP contribution in [-0.2, 0) is 17.6 Å². The van der Waals surface area contributed by atoms with Gasteiger partial charge in [0.15, 0.2) is 5.96 Å². The van der Waals surface area contributed by atoms with Crippen LogP contribution >= 0.6 is 0 Å². The second-order valence-corrected chi connectivity index (χ2v) is 6.62. The largest absolute Gasteiger partial charge is 0.356 e. The monoisotopic (exact) mass is 348 g/mol. The predicted molar refractivity (Wildman–Crippen MR) is 106 cm³/mol. The van der Waals surface area contributed by atoms with Gasteiger partial charge in [0, 0.05) is 31.0 Å². The molecule has 1 amide bonds. The van der Waals surface area contributed by atoms with Crippen molar-refractivity contribution in [1.29, 1.82) is 0 Å². The first kappa shape index (κ1) is 16.6. The van der Waals surface area contributed by atoms with Crippen LogP contribution in [0.5, 0.6) is 0 Å². The summed E-state index contributed by atoms with van der Waals surface area (Å²) in [5.41, 5.74) is 4.79. The number of carbonyl (C=O) groups excluding carboxylic acids is 1. The molecule has 0 saturated heterocycles. The molecular formula is C21H24N4O. The second kappa shape index (κ2) is 7.20. The fourth-order valence-electron chi connectivity index (χ4n) is 3.78. The van der Waals surface area contributed by atoms with Crippen molar-refractivity contribution in [3.63, 3.8) is 0 Å². The van der Waals surface area contributed by atoms with E-state index >= 15 is 0 Å². The number of benzene rings is 2. The number of para-hydroxylation sites is 2. The van der Waals surface area contributed by atoms with E-state index in [2.05, 4.69) is 46.4 Å². The first-order valence-corrected chi connectivity index (χ1v) is 9.30. The summed E-state index contributed by atoms with van der Waals surface area (Å²) >= 11 is 0. The maximum atomic E-state index is 12.7. The van der Waals surface area contributed by atoms with Gasteiger partial charge in [-0.15, -0.1) is 0 Å². The van der Waals surface area contributed by atoms with Crippen molar-refractivity contribution < 1.29 is 4.79 Å². The van der Waals surface area contributed by atoms with Crippen molar-refractivity contribution in [2.75, 3.05) is 36.0 Å². The molecule has 0 aromatic heterocycles. The van der Waals surface area contributed by atoms with Crippen LogP contribution in [0.2, 0.25) is 0 Å². The molecule has 0 unspecified atom stereocenters. The van der Waals surface area contributed by atoms with Gasteiger partial charge >= 0.3 is 0 Å². The Morgan fingerprint density at radius 1 is 0.962 bits per heavy atom. The molecule has 0 bridgehead atoms. The molecule has 0 radical (unpaired) electrons. The summed E-state index contributed by atoms with van der Waals surface area (Å²) in [4.78, 5) is 21.4. The highest BCUT2D eigenvalue weighted by atomic mass is 16.2. The van der Waals surface area contributed by atoms with Crippen LogP contribution in [0.3, 0.4) is 0 Å². The summed E-state index contributed by atoms with van der Waals surface area (Å²) < 4.78 is 0. The van der Waals surface area contributed by atoms with Crippen molar-refractivity contribution in [2.24, 2.45) is 4.99 Å². The van der Waals surface area contributed by atoms with E-state index in [-0.39, 0.29) is 12.5 Å². The minimum absolute atomic E-state index is 0.0536. The zero-order valence-corrected chi connectivity index (χ0v) is 15.1. The quantitative estimate of drug-likeness (QED) is 0.685. The van der Waals surface area contributed by atoms with Crippen molar-refractivity contribution in [2.45, 2.75) is 19.8 Å². The number of hydrogen-bond donors (Lipinski definition) is 1. The molecule has 0 fully saturated rings. The summed E-state index contributed by atoms with van der Waals surface area (Å²) in [5.74, 6) is 0.844. The first-order chi connectivity index (χ1) is 12.8. The fraction of sp³-hybridized carbons (Fsp3) is 0.333. The molecule has 134 valence electrons. The normalized spacial score (nSPS) is 15.8. The van der Waals surface area contributed by atoms with Gasteiger partial charge in [0.1, 0.15) is 6.54 Å². The summed E-state index contributed by atoms with van der Waals surface area (Å²) in [7, 11) is 0. The van der Waals surface area contributed by atoms with Crippen LogP contribution in [0.1, 0.15) is 18.1 Å². The molecule has 0 aliphatic carbocycles. The molecule has 5 heteroatoms. The lowest BCUT2D eigenvalue weighted by molar-refractivity contribution is -0.117. The molecule has 2 heterocycles. The van der Waals surface area contributed by atoms with Crippen molar-refractivity contribution in [3.8, 4) is 0 Å². The average molecular weight is 348 g/mol. The molecule has 5 nitrogen and oxygen atoms in total. The van der Waals surface area contributed by atoms with E-state index in [1.165, 1.54) is 16.8 Å². The Bertz CT molecular complexity index is 845. The molecular weight excluding hydrogens is 324 g/mol. The Hall–Kier alpha value is -2.82. The average Bonchev–Trinajstić information content (AvgIpc) is 3.29. The zero-order chi connectivity index (χ0) is 17.9. The van der Waals surface area contributed by atoms with Crippen LogP contribution in [0.25, 0.3) is 0 Å². The summed E-state index contributed by atoms with van der Waals surface area (Å²) in [6.45, 7) is 4.63. The van der Waals surface area contributed by atoms with E-state index in [9.17, 15) is 4.79 Å². The number of carbonyl (C=O) groups is 1. The Kier molecular flexibility index (Phi) is 4.61. The van der Waals surface area contributed by atoms with Crippen LogP contribution in [-0.4, -0.2) is 38.0 Å². The Morgan fingerprint density at radius 2 is 1.54 bits per heavy atom. The van der Waals surface area contributed by atoms with Gasteiger partial charge in [0.25, 0.3) is 0 Å². The lowest BCUT2D eigenvalue weighted by atomic mass is 10.2. The minimum Gasteiger partial charge on any atom is -0.356 e. The second-order valence-electron chi connectivity index (χ2n) is 6.62. The maximum Gasteiger partial charge on any atom is 0.248 e. The molecule has 2 aliphatic heterocycles. The number of amides is 1. The predicted octanol–water partition coefficient (Wildman–Crippen LogP) is 2.60. The molecule has 0 atom stereocenters. The van der Waals surface area contributed by atoms with E-state index in [1.54, 1.807) is 0 Å². The highest BCUT2D eigenvalue weighted by Gasteiger charge is 2.25. The van der Waals surface area contributed by atoms with Gasteiger partial charge in [-0.1, -0.05) is 36.4 Å². The van der Waals surface area contributed by atoms with Gasteiger partial charge in [-0.2, -0.15) is 0 Å². The van der Waals surface area contributed by atoms with Gasteiger partial charge in [-0.05, 0) is 43.0 Å². The Balaban J connectivity index is 1.52. The number of guanidine groups is 1. The van der Waals surface area contributed by atoms with Gasteiger partial charge in [0.2, 0.25) is 5.91 Å². The van der Waals surface area contributed by atoms with Crippen molar-refractivity contribution in [3.05, 3.63) is 59.7 Å². The van der Waals surface area contributed by atoms with E-state index in [1.807, 2.05) is 29.2 Å². The zero-order valence-electron chi connectivity index (χ0n) is 15.1. The number of nitrogens with one attached hydrogen (secondary N) is 1. The smallest absolute Gasteiger partial charge is 0.248 e. The Morgan fingerprint density at radius 3 is 2.19 bits per heavy atom. The van der Waals surface area contributed by atoms with E-state index in [0.717, 1.165) is 44.1 Å². The van der Waals surface area contributed by atoms with Crippen molar-refractivity contribution in [1.82, 2.24) is 5.32 Å². The third-order valence-electron chi connectivity index (χ3n) is 5.03. The van der Waals surface area contributed by atoms with Crippen LogP contribution in [0.4, 0.5) is 11.4 Å². The summed E-state index contributed by atoms with van der Waals surface area (Å²) in [6.07, 6.45) is 1.93. The van der Waals surface area contributed by atoms with E-state index in [4.69, 9.17) is 0 Å². The first-order valence-electron chi connectivity index (χ1n) is 9.30. The van der Waals surface area contributed by atoms with E-state index < -0.39 is 0 Å². The summed E-state index contributed by atoms with van der Waals surface area (Å²) in [6, 6.07) is 16.5. The van der Waals surface area contributed by atoms with Gasteiger partial charge < -0.3 is 15.1 Å². The highest BCUT2D eigenvalue weighted by molar-refractivity contribution is 6.01. The maximum absolute atomic E-state index is 12.7. The standard InChI is InChI=1S/C21H24N4O/c1-2-22-21(25-14-12-17-8-4-6-10-19(17)25)23-15-20(26)24-13-11-16-7-3-5-9-18(16)24/h3-10H,2,11-15H2,1H3,(H,22,23). The SMILES string of the molecule is CCNC(=NCC(=O)N1CCc2ccccc21)N1CCc2ccccc21. The van der Waals surface area contributed by atoms with Crippen LogP contribution in [0, 0.1) is 0 Å². The molecule has 2 aromatic carbocycles. The van der Waals surface area contributed by atoms with Crippen molar-refractivity contribution >= 4 is 23.2 Å². The number of anilines is 2. The molecule has 4 rings (SSSR count). The number of nitrogens with zero attached hydrogens (tertiary/aromatic N) is 3. The number of fused-ring (bicyclic) bond motifs is 2.